The molecular formula is C10H10ClFN2. The molecule has 4 heteroatoms. The van der Waals surface area contributed by atoms with Crippen LogP contribution in [-0.4, -0.2) is 11.5 Å². The quantitative estimate of drug-likeness (QED) is 0.789. The van der Waals surface area contributed by atoms with E-state index in [0.29, 0.717) is 18.1 Å². The molecule has 0 radical (unpaired) electrons. The first kappa shape index (κ1) is 9.49. The first-order chi connectivity index (χ1) is 6.72. The van der Waals surface area contributed by atoms with Crippen molar-refractivity contribution in [2.45, 2.75) is 6.42 Å². The van der Waals surface area contributed by atoms with Crippen molar-refractivity contribution in [1.82, 2.24) is 4.98 Å². The van der Waals surface area contributed by atoms with Crippen molar-refractivity contribution in [3.05, 3.63) is 34.7 Å². The van der Waals surface area contributed by atoms with Gasteiger partial charge in [-0.2, -0.15) is 0 Å². The van der Waals surface area contributed by atoms with Crippen LogP contribution < -0.4 is 5.73 Å². The first-order valence-electron chi connectivity index (χ1n) is 4.38. The minimum absolute atomic E-state index is 0.269. The fourth-order valence-electron chi connectivity index (χ4n) is 1.58. The van der Waals surface area contributed by atoms with Crippen LogP contribution in [0.1, 0.15) is 5.56 Å². The van der Waals surface area contributed by atoms with Crippen LogP contribution in [0.15, 0.2) is 18.2 Å². The van der Waals surface area contributed by atoms with Crippen molar-refractivity contribution in [1.29, 1.82) is 0 Å². The SMILES string of the molecule is NCCc1c(Cl)[nH]c2cc(F)ccc12. The number of rotatable bonds is 2. The Hall–Kier alpha value is -1.06. The third kappa shape index (κ3) is 1.49. The summed E-state index contributed by atoms with van der Waals surface area (Å²) in [4.78, 5) is 2.92. The third-order valence-corrected chi connectivity index (χ3v) is 2.53. The lowest BCUT2D eigenvalue weighted by Crippen LogP contribution is -2.02. The van der Waals surface area contributed by atoms with Crippen LogP contribution in [0, 0.1) is 5.82 Å². The van der Waals surface area contributed by atoms with E-state index in [4.69, 9.17) is 17.3 Å². The van der Waals surface area contributed by atoms with E-state index in [1.54, 1.807) is 6.07 Å². The van der Waals surface area contributed by atoms with Gasteiger partial charge in [0.2, 0.25) is 0 Å². The van der Waals surface area contributed by atoms with Crippen LogP contribution in [0.5, 0.6) is 0 Å². The zero-order chi connectivity index (χ0) is 10.1. The summed E-state index contributed by atoms with van der Waals surface area (Å²) < 4.78 is 12.9. The number of hydrogen-bond acceptors (Lipinski definition) is 1. The summed E-state index contributed by atoms with van der Waals surface area (Å²) in [6.45, 7) is 0.532. The Kier molecular flexibility index (Phi) is 2.44. The fourth-order valence-corrected chi connectivity index (χ4v) is 1.88. The van der Waals surface area contributed by atoms with Gasteiger partial charge in [-0.25, -0.2) is 4.39 Å². The van der Waals surface area contributed by atoms with Crippen LogP contribution in [0.3, 0.4) is 0 Å². The largest absolute Gasteiger partial charge is 0.345 e. The number of aromatic amines is 1. The zero-order valence-corrected chi connectivity index (χ0v) is 8.24. The van der Waals surface area contributed by atoms with E-state index in [2.05, 4.69) is 4.98 Å². The average molecular weight is 213 g/mol. The Morgan fingerprint density at radius 3 is 2.93 bits per heavy atom. The number of benzene rings is 1. The van der Waals surface area contributed by atoms with Crippen molar-refractivity contribution >= 4 is 22.5 Å². The second-order valence-corrected chi connectivity index (χ2v) is 3.52. The molecule has 0 saturated heterocycles. The lowest BCUT2D eigenvalue weighted by molar-refractivity contribution is 0.629. The van der Waals surface area contributed by atoms with Gasteiger partial charge in [-0.1, -0.05) is 11.6 Å². The summed E-state index contributed by atoms with van der Waals surface area (Å²) in [5, 5.41) is 1.50. The topological polar surface area (TPSA) is 41.8 Å². The molecule has 2 rings (SSSR count). The Morgan fingerprint density at radius 1 is 1.43 bits per heavy atom. The van der Waals surface area contributed by atoms with Gasteiger partial charge in [-0.3, -0.25) is 0 Å². The maximum atomic E-state index is 12.9. The predicted octanol–water partition coefficient (Wildman–Crippen LogP) is 2.46. The van der Waals surface area contributed by atoms with Gasteiger partial charge in [-0.05, 0) is 36.7 Å². The van der Waals surface area contributed by atoms with E-state index < -0.39 is 0 Å². The predicted molar refractivity (Wildman–Crippen MR) is 56.0 cm³/mol. The number of halogens is 2. The second kappa shape index (κ2) is 3.59. The van der Waals surface area contributed by atoms with E-state index in [1.165, 1.54) is 12.1 Å². The molecule has 14 heavy (non-hydrogen) atoms. The van der Waals surface area contributed by atoms with Crippen LogP contribution >= 0.6 is 11.6 Å². The van der Waals surface area contributed by atoms with Gasteiger partial charge in [0.1, 0.15) is 11.0 Å². The molecule has 1 heterocycles. The molecule has 0 atom stereocenters. The highest BCUT2D eigenvalue weighted by molar-refractivity contribution is 6.31. The Labute approximate surface area is 85.9 Å². The summed E-state index contributed by atoms with van der Waals surface area (Å²) in [6, 6.07) is 4.58. The summed E-state index contributed by atoms with van der Waals surface area (Å²) >= 11 is 5.97. The van der Waals surface area contributed by atoms with E-state index in [-0.39, 0.29) is 5.82 Å². The Bertz CT molecular complexity index is 464. The molecule has 0 fully saturated rings. The van der Waals surface area contributed by atoms with Crippen molar-refractivity contribution in [3.63, 3.8) is 0 Å². The highest BCUT2D eigenvalue weighted by Crippen LogP contribution is 2.26. The molecule has 3 N–H and O–H groups in total. The lowest BCUT2D eigenvalue weighted by atomic mass is 10.1. The highest BCUT2D eigenvalue weighted by Gasteiger charge is 2.09. The molecule has 0 saturated carbocycles. The van der Waals surface area contributed by atoms with Gasteiger partial charge in [0.15, 0.2) is 0 Å². The average Bonchev–Trinajstić information content (AvgIpc) is 2.43. The first-order valence-corrected chi connectivity index (χ1v) is 4.76. The van der Waals surface area contributed by atoms with Crippen LogP contribution in [-0.2, 0) is 6.42 Å². The number of H-pyrrole nitrogens is 1. The number of fused-ring (bicyclic) bond motifs is 1. The molecule has 0 aliphatic rings. The lowest BCUT2D eigenvalue weighted by Gasteiger charge is -1.96. The van der Waals surface area contributed by atoms with Crippen molar-refractivity contribution in [3.8, 4) is 0 Å². The van der Waals surface area contributed by atoms with Gasteiger partial charge < -0.3 is 10.7 Å². The van der Waals surface area contributed by atoms with E-state index >= 15 is 0 Å². The van der Waals surface area contributed by atoms with Gasteiger partial charge in [-0.15, -0.1) is 0 Å². The molecular weight excluding hydrogens is 203 g/mol. The summed E-state index contributed by atoms with van der Waals surface area (Å²) in [6.07, 6.45) is 0.699. The third-order valence-electron chi connectivity index (χ3n) is 2.21. The molecule has 0 unspecified atom stereocenters. The molecule has 0 bridgehead atoms. The standard InChI is InChI=1S/C10H10ClFN2/c11-10-8(3-4-13)7-2-1-6(12)5-9(7)14-10/h1-2,5,14H,3-4,13H2. The van der Waals surface area contributed by atoms with Crippen LogP contribution in [0.2, 0.25) is 5.15 Å². The summed E-state index contributed by atoms with van der Waals surface area (Å²) in [5.74, 6) is -0.269. The molecule has 0 amide bonds. The normalized spacial score (nSPS) is 11.1. The number of aromatic nitrogens is 1. The monoisotopic (exact) mass is 212 g/mol. The van der Waals surface area contributed by atoms with E-state index in [9.17, 15) is 4.39 Å². The number of hydrogen-bond donors (Lipinski definition) is 2. The maximum absolute atomic E-state index is 12.9. The van der Waals surface area contributed by atoms with Crippen molar-refractivity contribution < 1.29 is 4.39 Å². The van der Waals surface area contributed by atoms with Gasteiger partial charge >= 0.3 is 0 Å². The van der Waals surface area contributed by atoms with Gasteiger partial charge in [0.05, 0.1) is 0 Å². The maximum Gasteiger partial charge on any atom is 0.125 e. The fraction of sp³-hybridized carbons (Fsp3) is 0.200. The molecule has 0 aliphatic heterocycles. The molecule has 1 aromatic carbocycles. The van der Waals surface area contributed by atoms with E-state index in [0.717, 1.165) is 16.5 Å². The van der Waals surface area contributed by atoms with Gasteiger partial charge in [0.25, 0.3) is 0 Å². The van der Waals surface area contributed by atoms with Crippen molar-refractivity contribution in [2.24, 2.45) is 5.73 Å². The smallest absolute Gasteiger partial charge is 0.125 e. The minimum Gasteiger partial charge on any atom is -0.345 e. The molecule has 74 valence electrons. The van der Waals surface area contributed by atoms with Crippen molar-refractivity contribution in [2.75, 3.05) is 6.54 Å². The molecule has 0 spiro atoms. The Morgan fingerprint density at radius 2 is 2.21 bits per heavy atom. The zero-order valence-electron chi connectivity index (χ0n) is 7.48. The van der Waals surface area contributed by atoms with Crippen LogP contribution in [0.25, 0.3) is 10.9 Å². The molecule has 1 aromatic heterocycles. The molecule has 2 nitrogen and oxygen atoms in total. The number of nitrogens with two attached hydrogens (primary N) is 1. The number of nitrogens with one attached hydrogen (secondary N) is 1. The van der Waals surface area contributed by atoms with Gasteiger partial charge in [0, 0.05) is 10.9 Å². The minimum atomic E-state index is -0.269. The summed E-state index contributed by atoms with van der Waals surface area (Å²) in [7, 11) is 0. The molecule has 2 aromatic rings. The van der Waals surface area contributed by atoms with E-state index in [1.807, 2.05) is 0 Å². The highest BCUT2D eigenvalue weighted by atomic mass is 35.5. The second-order valence-electron chi connectivity index (χ2n) is 3.15. The van der Waals surface area contributed by atoms with Crippen LogP contribution in [0.4, 0.5) is 4.39 Å². The summed E-state index contributed by atoms with van der Waals surface area (Å²) in [5.41, 5.74) is 7.15. The molecule has 0 aliphatic carbocycles. The Balaban J connectivity index is 2.64.